The van der Waals surface area contributed by atoms with Gasteiger partial charge in [0.25, 0.3) is 0 Å². The van der Waals surface area contributed by atoms with Gasteiger partial charge in [-0.25, -0.2) is 4.79 Å². The fraction of sp³-hybridized carbons (Fsp3) is 0.552. The number of ketones is 1. The number of ether oxygens (including phenoxy) is 3. The van der Waals surface area contributed by atoms with Gasteiger partial charge in [-0.1, -0.05) is 31.9 Å². The molecule has 36 heavy (non-hydrogen) atoms. The lowest BCUT2D eigenvalue weighted by Gasteiger charge is -2.38. The van der Waals surface area contributed by atoms with Gasteiger partial charge in [0.15, 0.2) is 5.78 Å². The van der Waals surface area contributed by atoms with Crippen molar-refractivity contribution in [1.82, 2.24) is 5.32 Å². The maximum absolute atomic E-state index is 13.9. The van der Waals surface area contributed by atoms with Gasteiger partial charge >= 0.3 is 11.9 Å². The number of Topliss-reactive ketones (excluding diaryl/α,β-unsaturated/α-hetero) is 1. The first-order valence-electron chi connectivity index (χ1n) is 13.1. The van der Waals surface area contributed by atoms with Gasteiger partial charge in [-0.05, 0) is 69.6 Å². The highest BCUT2D eigenvalue weighted by atomic mass is 16.5. The molecule has 7 heteroatoms. The van der Waals surface area contributed by atoms with Crippen LogP contribution in [0.25, 0.3) is 0 Å². The quantitative estimate of drug-likeness (QED) is 0.339. The lowest BCUT2D eigenvalue weighted by atomic mass is 9.69. The fourth-order valence-electron chi connectivity index (χ4n) is 5.81. The van der Waals surface area contributed by atoms with Crippen LogP contribution in [0.3, 0.4) is 0 Å². The summed E-state index contributed by atoms with van der Waals surface area (Å²) in [5.74, 6) is -2.40. The molecular weight excluding hydrogens is 458 g/mol. The van der Waals surface area contributed by atoms with Crippen LogP contribution in [0.1, 0.15) is 77.2 Å². The molecule has 0 saturated heterocycles. The van der Waals surface area contributed by atoms with Gasteiger partial charge in [-0.3, -0.25) is 9.59 Å². The highest BCUT2D eigenvalue weighted by Crippen LogP contribution is 2.46. The van der Waals surface area contributed by atoms with Gasteiger partial charge in [0.2, 0.25) is 0 Å². The second-order valence-electron chi connectivity index (χ2n) is 10.1. The number of hydrogen-bond acceptors (Lipinski definition) is 7. The normalized spacial score (nSPS) is 25.0. The number of benzene rings is 1. The highest BCUT2D eigenvalue weighted by Gasteiger charge is 2.47. The SMILES string of the molecule is CCOc1cccc([C@@H]2C(C(=O)OC3CCCCCC3)=C(C)NC3=C2C(=O)[C@@H](C(=O)OC)[C@@H](C)C3)c1. The molecule has 0 spiro atoms. The zero-order chi connectivity index (χ0) is 25.8. The van der Waals surface area contributed by atoms with E-state index in [4.69, 9.17) is 14.2 Å². The summed E-state index contributed by atoms with van der Waals surface area (Å²) in [6.07, 6.45) is 6.47. The van der Waals surface area contributed by atoms with Gasteiger partial charge in [-0.2, -0.15) is 0 Å². The van der Waals surface area contributed by atoms with Crippen LogP contribution in [0, 0.1) is 11.8 Å². The van der Waals surface area contributed by atoms with Crippen molar-refractivity contribution < 1.29 is 28.6 Å². The Morgan fingerprint density at radius 3 is 2.50 bits per heavy atom. The van der Waals surface area contributed by atoms with Crippen molar-refractivity contribution in [1.29, 1.82) is 0 Å². The standard InChI is InChI=1S/C29H37NO6/c1-5-35-21-14-10-11-19(16-21)25-24(29(33)36-20-12-8-6-7-9-13-20)18(3)30-22-15-17(2)23(28(32)34-4)27(31)26(22)25/h10-11,14,16-17,20,23,25,30H,5-9,12-13,15H2,1-4H3/t17-,23-,25+/m0/s1. The Kier molecular flexibility index (Phi) is 8.17. The molecule has 1 aromatic rings. The van der Waals surface area contributed by atoms with E-state index in [0.29, 0.717) is 35.6 Å². The second kappa shape index (κ2) is 11.3. The molecular formula is C29H37NO6. The van der Waals surface area contributed by atoms with E-state index in [9.17, 15) is 14.4 Å². The smallest absolute Gasteiger partial charge is 0.337 e. The summed E-state index contributed by atoms with van der Waals surface area (Å²) >= 11 is 0. The number of nitrogens with one attached hydrogen (secondary N) is 1. The predicted octanol–water partition coefficient (Wildman–Crippen LogP) is 4.96. The van der Waals surface area contributed by atoms with Gasteiger partial charge in [0.1, 0.15) is 17.8 Å². The second-order valence-corrected chi connectivity index (χ2v) is 10.1. The number of rotatable bonds is 6. The molecule has 1 heterocycles. The molecule has 0 unspecified atom stereocenters. The zero-order valence-corrected chi connectivity index (χ0v) is 21.7. The third kappa shape index (κ3) is 5.20. The first kappa shape index (κ1) is 26.0. The molecule has 1 aliphatic heterocycles. The summed E-state index contributed by atoms with van der Waals surface area (Å²) in [4.78, 5) is 40.2. The highest BCUT2D eigenvalue weighted by molar-refractivity contribution is 6.12. The third-order valence-corrected chi connectivity index (χ3v) is 7.54. The molecule has 0 aromatic heterocycles. The number of carbonyl (C=O) groups excluding carboxylic acids is 3. The van der Waals surface area contributed by atoms with Crippen molar-refractivity contribution in [3.05, 3.63) is 52.4 Å². The predicted molar refractivity (Wildman–Crippen MR) is 135 cm³/mol. The lowest BCUT2D eigenvalue weighted by Crippen LogP contribution is -2.43. The van der Waals surface area contributed by atoms with Crippen molar-refractivity contribution in [2.24, 2.45) is 11.8 Å². The number of dihydropyridines is 1. The van der Waals surface area contributed by atoms with E-state index < -0.39 is 23.8 Å². The van der Waals surface area contributed by atoms with E-state index in [1.165, 1.54) is 7.11 Å². The Balaban J connectivity index is 1.78. The van der Waals surface area contributed by atoms with E-state index in [1.54, 1.807) is 0 Å². The Hall–Kier alpha value is -3.09. The molecule has 0 amide bonds. The van der Waals surface area contributed by atoms with Crippen LogP contribution in [0.5, 0.6) is 5.75 Å². The monoisotopic (exact) mass is 495 g/mol. The fourth-order valence-corrected chi connectivity index (χ4v) is 5.81. The molecule has 0 radical (unpaired) electrons. The summed E-state index contributed by atoms with van der Waals surface area (Å²) in [5.41, 5.74) is 3.04. The minimum absolute atomic E-state index is 0.129. The van der Waals surface area contributed by atoms with Crippen LogP contribution >= 0.6 is 0 Å². The van der Waals surface area contributed by atoms with Gasteiger partial charge in [-0.15, -0.1) is 0 Å². The number of esters is 2. The first-order valence-corrected chi connectivity index (χ1v) is 13.1. The minimum atomic E-state index is -0.911. The van der Waals surface area contributed by atoms with Crippen molar-refractivity contribution >= 4 is 17.7 Å². The Labute approximate surface area is 213 Å². The van der Waals surface area contributed by atoms with Crippen LogP contribution in [0.15, 0.2) is 46.8 Å². The molecule has 0 bridgehead atoms. The minimum Gasteiger partial charge on any atom is -0.494 e. The van der Waals surface area contributed by atoms with Crippen LogP contribution in [-0.4, -0.2) is 37.5 Å². The Morgan fingerprint density at radius 2 is 1.83 bits per heavy atom. The van der Waals surface area contributed by atoms with Crippen molar-refractivity contribution in [2.75, 3.05) is 13.7 Å². The molecule has 7 nitrogen and oxygen atoms in total. The number of methoxy groups -OCH3 is 1. The average molecular weight is 496 g/mol. The van der Waals surface area contributed by atoms with Crippen molar-refractivity contribution in [2.45, 2.75) is 77.7 Å². The number of carbonyl (C=O) groups is 3. The van der Waals surface area contributed by atoms with Crippen LogP contribution in [-0.2, 0) is 23.9 Å². The third-order valence-electron chi connectivity index (χ3n) is 7.54. The summed E-state index contributed by atoms with van der Waals surface area (Å²) in [6.45, 7) is 6.14. The van der Waals surface area contributed by atoms with E-state index in [0.717, 1.165) is 49.8 Å². The summed E-state index contributed by atoms with van der Waals surface area (Å²) < 4.78 is 16.8. The Bertz CT molecular complexity index is 1080. The maximum Gasteiger partial charge on any atom is 0.337 e. The lowest BCUT2D eigenvalue weighted by molar-refractivity contribution is -0.151. The van der Waals surface area contributed by atoms with E-state index >= 15 is 0 Å². The molecule has 1 aromatic carbocycles. The number of hydrogen-bond donors (Lipinski definition) is 1. The molecule has 3 aliphatic rings. The molecule has 2 aliphatic carbocycles. The van der Waals surface area contributed by atoms with Gasteiger partial charge in [0, 0.05) is 22.9 Å². The average Bonchev–Trinajstić information content (AvgIpc) is 3.12. The van der Waals surface area contributed by atoms with Crippen molar-refractivity contribution in [3.63, 3.8) is 0 Å². The zero-order valence-electron chi connectivity index (χ0n) is 21.7. The topological polar surface area (TPSA) is 90.9 Å². The van der Waals surface area contributed by atoms with Crippen LogP contribution in [0.4, 0.5) is 0 Å². The van der Waals surface area contributed by atoms with E-state index in [1.807, 2.05) is 45.0 Å². The molecule has 1 fully saturated rings. The van der Waals surface area contributed by atoms with E-state index in [-0.39, 0.29) is 17.8 Å². The summed E-state index contributed by atoms with van der Waals surface area (Å²) in [6, 6.07) is 7.48. The van der Waals surface area contributed by atoms with Crippen LogP contribution in [0.2, 0.25) is 0 Å². The van der Waals surface area contributed by atoms with Gasteiger partial charge < -0.3 is 19.5 Å². The molecule has 1 saturated carbocycles. The molecule has 4 rings (SSSR count). The molecule has 3 atom stereocenters. The summed E-state index contributed by atoms with van der Waals surface area (Å²) in [5, 5.41) is 3.33. The van der Waals surface area contributed by atoms with Crippen LogP contribution < -0.4 is 10.1 Å². The number of allylic oxidation sites excluding steroid dienone is 3. The molecule has 194 valence electrons. The summed E-state index contributed by atoms with van der Waals surface area (Å²) in [7, 11) is 1.30. The van der Waals surface area contributed by atoms with Gasteiger partial charge in [0.05, 0.1) is 19.3 Å². The van der Waals surface area contributed by atoms with Crippen molar-refractivity contribution in [3.8, 4) is 5.75 Å². The van der Waals surface area contributed by atoms with E-state index in [2.05, 4.69) is 5.32 Å². The maximum atomic E-state index is 13.9. The Morgan fingerprint density at radius 1 is 1.11 bits per heavy atom. The first-order chi connectivity index (χ1) is 17.3. The molecule has 1 N–H and O–H groups in total. The largest absolute Gasteiger partial charge is 0.494 e.